The van der Waals surface area contributed by atoms with E-state index in [0.717, 1.165) is 0 Å². The molecule has 0 saturated carbocycles. The van der Waals surface area contributed by atoms with Crippen molar-refractivity contribution in [3.8, 4) is 5.75 Å². The Bertz CT molecular complexity index is 475. The number of carbonyl (C=O) groups is 2. The van der Waals surface area contributed by atoms with E-state index in [2.05, 4.69) is 0 Å². The van der Waals surface area contributed by atoms with Crippen LogP contribution < -0.4 is 10.5 Å². The van der Waals surface area contributed by atoms with Gasteiger partial charge in [0.05, 0.1) is 6.61 Å². The Kier molecular flexibility index (Phi) is 7.08. The third kappa shape index (κ3) is 6.16. The number of hydrogen-bond acceptors (Lipinski definition) is 6. The van der Waals surface area contributed by atoms with Gasteiger partial charge in [0.25, 0.3) is 0 Å². The minimum Gasteiger partial charge on any atom is -0.482 e. The normalized spacial score (nSPS) is 11.5. The van der Waals surface area contributed by atoms with Crippen molar-refractivity contribution < 1.29 is 23.8 Å². The molecule has 0 amide bonds. The first-order chi connectivity index (χ1) is 10.1. The summed E-state index contributed by atoms with van der Waals surface area (Å²) in [5.74, 6) is -0.685. The Morgan fingerprint density at radius 3 is 2.67 bits per heavy atom. The molecule has 21 heavy (non-hydrogen) atoms. The first-order valence-electron chi connectivity index (χ1n) is 6.91. The average molecular weight is 295 g/mol. The summed E-state index contributed by atoms with van der Waals surface area (Å²) in [6, 6.07) is 6.71. The predicted molar refractivity (Wildman–Crippen MR) is 77.8 cm³/mol. The number of carbonyl (C=O) groups excluding carboxylic acids is 2. The van der Waals surface area contributed by atoms with E-state index in [1.807, 2.05) is 6.92 Å². The van der Waals surface area contributed by atoms with E-state index in [4.69, 9.17) is 19.9 Å². The molecule has 0 aromatic heterocycles. The zero-order valence-corrected chi connectivity index (χ0v) is 12.3. The fourth-order valence-corrected chi connectivity index (χ4v) is 1.66. The van der Waals surface area contributed by atoms with Gasteiger partial charge in [-0.1, -0.05) is 19.4 Å². The molecule has 1 atom stereocenters. The van der Waals surface area contributed by atoms with E-state index in [-0.39, 0.29) is 13.2 Å². The highest BCUT2D eigenvalue weighted by molar-refractivity contribution is 5.79. The first-order valence-corrected chi connectivity index (χ1v) is 6.91. The summed E-state index contributed by atoms with van der Waals surface area (Å²) < 4.78 is 15.2. The van der Waals surface area contributed by atoms with Crippen LogP contribution in [-0.2, 0) is 19.1 Å². The maximum Gasteiger partial charge on any atom is 0.347 e. The highest BCUT2D eigenvalue weighted by Gasteiger charge is 2.23. The molecule has 0 aliphatic heterocycles. The van der Waals surface area contributed by atoms with Gasteiger partial charge in [0, 0.05) is 11.8 Å². The van der Waals surface area contributed by atoms with Gasteiger partial charge in [0.1, 0.15) is 5.75 Å². The summed E-state index contributed by atoms with van der Waals surface area (Å²) in [5.41, 5.74) is 6.14. The van der Waals surface area contributed by atoms with Crippen molar-refractivity contribution in [1.29, 1.82) is 0 Å². The Hall–Kier alpha value is -2.24. The Morgan fingerprint density at radius 2 is 2.05 bits per heavy atom. The molecule has 0 radical (unpaired) electrons. The van der Waals surface area contributed by atoms with Crippen LogP contribution in [0.15, 0.2) is 24.3 Å². The molecule has 0 fully saturated rings. The second-order valence-electron chi connectivity index (χ2n) is 4.38. The lowest BCUT2D eigenvalue weighted by molar-refractivity contribution is -0.169. The molecule has 0 bridgehead atoms. The van der Waals surface area contributed by atoms with Crippen molar-refractivity contribution in [2.75, 3.05) is 18.9 Å². The zero-order chi connectivity index (χ0) is 15.7. The molecule has 0 spiro atoms. The SMILES string of the molecule is CCCC(OC(=O)COc1cccc(N)c1)C(=O)OCC. The van der Waals surface area contributed by atoms with Crippen LogP contribution in [0.3, 0.4) is 0 Å². The highest BCUT2D eigenvalue weighted by Crippen LogP contribution is 2.14. The Labute approximate surface area is 124 Å². The summed E-state index contributed by atoms with van der Waals surface area (Å²) in [4.78, 5) is 23.3. The topological polar surface area (TPSA) is 87.9 Å². The van der Waals surface area contributed by atoms with Crippen LogP contribution in [0, 0.1) is 0 Å². The summed E-state index contributed by atoms with van der Waals surface area (Å²) in [5, 5.41) is 0. The van der Waals surface area contributed by atoms with Crippen molar-refractivity contribution in [3.63, 3.8) is 0 Å². The molecule has 6 heteroatoms. The van der Waals surface area contributed by atoms with Crippen LogP contribution in [0.1, 0.15) is 26.7 Å². The van der Waals surface area contributed by atoms with Gasteiger partial charge in [-0.2, -0.15) is 0 Å². The third-order valence-corrected chi connectivity index (χ3v) is 2.59. The van der Waals surface area contributed by atoms with Crippen LogP contribution in [0.2, 0.25) is 0 Å². The lowest BCUT2D eigenvalue weighted by atomic mass is 10.2. The third-order valence-electron chi connectivity index (χ3n) is 2.59. The van der Waals surface area contributed by atoms with E-state index >= 15 is 0 Å². The molecule has 6 nitrogen and oxygen atoms in total. The molecule has 0 aliphatic rings. The van der Waals surface area contributed by atoms with Gasteiger partial charge in [-0.15, -0.1) is 0 Å². The lowest BCUT2D eigenvalue weighted by Crippen LogP contribution is -2.31. The number of ether oxygens (including phenoxy) is 3. The molecular weight excluding hydrogens is 274 g/mol. The van der Waals surface area contributed by atoms with Gasteiger partial charge in [-0.05, 0) is 25.5 Å². The molecule has 1 aromatic carbocycles. The minimum absolute atomic E-state index is 0.246. The van der Waals surface area contributed by atoms with Crippen LogP contribution in [0.5, 0.6) is 5.75 Å². The summed E-state index contributed by atoms with van der Waals surface area (Å²) in [6.45, 7) is 3.55. The van der Waals surface area contributed by atoms with E-state index < -0.39 is 18.0 Å². The second-order valence-corrected chi connectivity index (χ2v) is 4.38. The lowest BCUT2D eigenvalue weighted by Gasteiger charge is -2.16. The molecule has 1 unspecified atom stereocenters. The number of hydrogen-bond donors (Lipinski definition) is 1. The minimum atomic E-state index is -0.883. The van der Waals surface area contributed by atoms with E-state index in [1.54, 1.807) is 31.2 Å². The van der Waals surface area contributed by atoms with Gasteiger partial charge < -0.3 is 19.9 Å². The van der Waals surface area contributed by atoms with Crippen LogP contribution in [-0.4, -0.2) is 31.3 Å². The average Bonchev–Trinajstić information content (AvgIpc) is 2.45. The Balaban J connectivity index is 2.48. The molecular formula is C15H21NO5. The molecule has 116 valence electrons. The number of benzene rings is 1. The maximum absolute atomic E-state index is 11.7. The molecule has 0 heterocycles. The number of nitrogens with two attached hydrogens (primary N) is 1. The van der Waals surface area contributed by atoms with Crippen LogP contribution >= 0.6 is 0 Å². The number of anilines is 1. The van der Waals surface area contributed by atoms with E-state index in [1.165, 1.54) is 0 Å². The van der Waals surface area contributed by atoms with Crippen molar-refractivity contribution in [1.82, 2.24) is 0 Å². The standard InChI is InChI=1S/C15H21NO5/c1-3-6-13(15(18)19-4-2)21-14(17)10-20-12-8-5-7-11(16)9-12/h5,7-9,13H,3-4,6,10,16H2,1-2H3. The highest BCUT2D eigenvalue weighted by atomic mass is 16.6. The van der Waals surface area contributed by atoms with Gasteiger partial charge in [0.2, 0.25) is 0 Å². The van der Waals surface area contributed by atoms with E-state index in [0.29, 0.717) is 24.3 Å². The van der Waals surface area contributed by atoms with Gasteiger partial charge in [0.15, 0.2) is 12.7 Å². The Morgan fingerprint density at radius 1 is 1.29 bits per heavy atom. The fraction of sp³-hybridized carbons (Fsp3) is 0.467. The monoisotopic (exact) mass is 295 g/mol. The second kappa shape index (κ2) is 8.84. The van der Waals surface area contributed by atoms with Gasteiger partial charge >= 0.3 is 11.9 Å². The molecule has 0 saturated heterocycles. The molecule has 1 aromatic rings. The van der Waals surface area contributed by atoms with Crippen molar-refractivity contribution >= 4 is 17.6 Å². The fourth-order valence-electron chi connectivity index (χ4n) is 1.66. The van der Waals surface area contributed by atoms with Gasteiger partial charge in [-0.25, -0.2) is 9.59 Å². The quantitative estimate of drug-likeness (QED) is 0.582. The van der Waals surface area contributed by atoms with Gasteiger partial charge in [-0.3, -0.25) is 0 Å². The first kappa shape index (κ1) is 16.8. The van der Waals surface area contributed by atoms with E-state index in [9.17, 15) is 9.59 Å². The van der Waals surface area contributed by atoms with Crippen LogP contribution in [0.4, 0.5) is 5.69 Å². The predicted octanol–water partition coefficient (Wildman–Crippen LogP) is 1.92. The molecule has 0 aliphatic carbocycles. The van der Waals surface area contributed by atoms with Crippen molar-refractivity contribution in [3.05, 3.63) is 24.3 Å². The number of nitrogen functional groups attached to an aromatic ring is 1. The van der Waals surface area contributed by atoms with Crippen LogP contribution in [0.25, 0.3) is 0 Å². The summed E-state index contributed by atoms with van der Waals surface area (Å²) in [7, 11) is 0. The summed E-state index contributed by atoms with van der Waals surface area (Å²) >= 11 is 0. The van der Waals surface area contributed by atoms with Crippen molar-refractivity contribution in [2.24, 2.45) is 0 Å². The smallest absolute Gasteiger partial charge is 0.347 e. The zero-order valence-electron chi connectivity index (χ0n) is 12.3. The van der Waals surface area contributed by atoms with Crippen molar-refractivity contribution in [2.45, 2.75) is 32.8 Å². The number of esters is 2. The molecule has 2 N–H and O–H groups in total. The summed E-state index contributed by atoms with van der Waals surface area (Å²) in [6.07, 6.45) is 0.238. The number of rotatable bonds is 8. The largest absolute Gasteiger partial charge is 0.482 e. The maximum atomic E-state index is 11.7. The molecule has 1 rings (SSSR count).